The Morgan fingerprint density at radius 3 is 2.90 bits per heavy atom. The molecule has 0 bridgehead atoms. The van der Waals surface area contributed by atoms with Crippen molar-refractivity contribution in [3.63, 3.8) is 0 Å². The fourth-order valence-electron chi connectivity index (χ4n) is 1.50. The molecule has 0 radical (unpaired) electrons. The SMILES string of the molecule is Clc1ncc(-c2cnoc2)c(Oc2cc(Br)ccn2)n1. The van der Waals surface area contributed by atoms with Gasteiger partial charge in [0.05, 0.1) is 11.8 Å². The van der Waals surface area contributed by atoms with Crippen molar-refractivity contribution in [1.29, 1.82) is 0 Å². The van der Waals surface area contributed by atoms with Crippen LogP contribution in [0.25, 0.3) is 11.1 Å². The molecule has 0 unspecified atom stereocenters. The molecule has 8 heteroatoms. The molecule has 0 aliphatic heterocycles. The van der Waals surface area contributed by atoms with Crippen LogP contribution >= 0.6 is 27.5 Å². The molecule has 0 amide bonds. The summed E-state index contributed by atoms with van der Waals surface area (Å²) >= 11 is 9.15. The molecular weight excluding hydrogens is 348 g/mol. The van der Waals surface area contributed by atoms with Gasteiger partial charge in [0.2, 0.25) is 17.0 Å². The van der Waals surface area contributed by atoms with E-state index in [4.69, 9.17) is 20.9 Å². The van der Waals surface area contributed by atoms with Crippen LogP contribution in [0.15, 0.2) is 46.0 Å². The van der Waals surface area contributed by atoms with E-state index >= 15 is 0 Å². The summed E-state index contributed by atoms with van der Waals surface area (Å²) in [6.07, 6.45) is 6.15. The third-order valence-corrected chi connectivity index (χ3v) is 3.04. The maximum atomic E-state index is 5.80. The smallest absolute Gasteiger partial charge is 0.233 e. The van der Waals surface area contributed by atoms with Crippen molar-refractivity contribution in [2.24, 2.45) is 0 Å². The van der Waals surface area contributed by atoms with Gasteiger partial charge in [-0.1, -0.05) is 21.1 Å². The minimum atomic E-state index is 0.0789. The summed E-state index contributed by atoms with van der Waals surface area (Å²) in [5.74, 6) is 0.658. The van der Waals surface area contributed by atoms with Crippen LogP contribution in [0, 0.1) is 0 Å². The summed E-state index contributed by atoms with van der Waals surface area (Å²) < 4.78 is 11.3. The third-order valence-electron chi connectivity index (χ3n) is 2.37. The Balaban J connectivity index is 2.02. The van der Waals surface area contributed by atoms with E-state index in [0.29, 0.717) is 17.0 Å². The first-order valence-corrected chi connectivity index (χ1v) is 6.61. The van der Waals surface area contributed by atoms with Crippen LogP contribution in [0.2, 0.25) is 5.28 Å². The molecule has 6 nitrogen and oxygen atoms in total. The van der Waals surface area contributed by atoms with Crippen LogP contribution < -0.4 is 4.74 Å². The first kappa shape index (κ1) is 13.0. The lowest BCUT2D eigenvalue weighted by molar-refractivity contribution is 0.419. The van der Waals surface area contributed by atoms with Crippen molar-refractivity contribution in [2.75, 3.05) is 0 Å². The quantitative estimate of drug-likeness (QED) is 0.668. The van der Waals surface area contributed by atoms with E-state index in [0.717, 1.165) is 4.47 Å². The highest BCUT2D eigenvalue weighted by molar-refractivity contribution is 9.10. The van der Waals surface area contributed by atoms with E-state index in [1.165, 1.54) is 18.7 Å². The summed E-state index contributed by atoms with van der Waals surface area (Å²) in [5.41, 5.74) is 1.30. The Kier molecular flexibility index (Phi) is 3.62. The van der Waals surface area contributed by atoms with Gasteiger partial charge in [0.15, 0.2) is 0 Å². The Bertz CT molecular complexity index is 736. The Hall–Kier alpha value is -1.99. The molecular formula is C12H6BrClN4O2. The minimum absolute atomic E-state index is 0.0789. The normalized spacial score (nSPS) is 10.5. The number of pyridine rings is 1. The average Bonchev–Trinajstić information content (AvgIpc) is 2.93. The molecule has 0 aromatic carbocycles. The number of hydrogen-bond donors (Lipinski definition) is 0. The number of halogens is 2. The summed E-state index contributed by atoms with van der Waals surface area (Å²) in [5, 5.41) is 3.72. The van der Waals surface area contributed by atoms with Crippen LogP contribution in [0.5, 0.6) is 11.8 Å². The van der Waals surface area contributed by atoms with E-state index in [-0.39, 0.29) is 11.2 Å². The molecule has 0 atom stereocenters. The Morgan fingerprint density at radius 2 is 2.15 bits per heavy atom. The zero-order valence-corrected chi connectivity index (χ0v) is 12.2. The average molecular weight is 354 g/mol. The monoisotopic (exact) mass is 352 g/mol. The second-order valence-corrected chi connectivity index (χ2v) is 4.94. The number of hydrogen-bond acceptors (Lipinski definition) is 6. The number of nitrogens with zero attached hydrogens (tertiary/aromatic N) is 4. The fourth-order valence-corrected chi connectivity index (χ4v) is 1.94. The van der Waals surface area contributed by atoms with E-state index in [2.05, 4.69) is 36.0 Å². The van der Waals surface area contributed by atoms with Crippen molar-refractivity contribution in [2.45, 2.75) is 0 Å². The summed E-state index contributed by atoms with van der Waals surface area (Å²) in [6.45, 7) is 0. The van der Waals surface area contributed by atoms with Crippen LogP contribution in [-0.4, -0.2) is 20.1 Å². The predicted molar refractivity (Wildman–Crippen MR) is 74.6 cm³/mol. The molecule has 3 heterocycles. The van der Waals surface area contributed by atoms with E-state index in [1.54, 1.807) is 18.3 Å². The van der Waals surface area contributed by atoms with Crippen LogP contribution in [0.1, 0.15) is 0 Å². The second kappa shape index (κ2) is 5.56. The lowest BCUT2D eigenvalue weighted by atomic mass is 10.2. The molecule has 3 aromatic rings. The molecule has 3 aromatic heterocycles. The van der Waals surface area contributed by atoms with Gasteiger partial charge in [0.25, 0.3) is 0 Å². The van der Waals surface area contributed by atoms with Crippen molar-refractivity contribution in [3.05, 3.63) is 46.7 Å². The van der Waals surface area contributed by atoms with E-state index in [9.17, 15) is 0 Å². The van der Waals surface area contributed by atoms with Gasteiger partial charge < -0.3 is 9.26 Å². The van der Waals surface area contributed by atoms with Gasteiger partial charge in [-0.15, -0.1) is 0 Å². The molecule has 0 spiro atoms. The molecule has 100 valence electrons. The van der Waals surface area contributed by atoms with Crippen molar-refractivity contribution >= 4 is 27.5 Å². The zero-order chi connectivity index (χ0) is 13.9. The topological polar surface area (TPSA) is 73.9 Å². The molecule has 3 rings (SSSR count). The zero-order valence-electron chi connectivity index (χ0n) is 9.83. The van der Waals surface area contributed by atoms with Crippen molar-refractivity contribution in [3.8, 4) is 22.9 Å². The highest BCUT2D eigenvalue weighted by Gasteiger charge is 2.13. The highest BCUT2D eigenvalue weighted by Crippen LogP contribution is 2.31. The van der Waals surface area contributed by atoms with Crippen molar-refractivity contribution < 1.29 is 9.26 Å². The van der Waals surface area contributed by atoms with Gasteiger partial charge in [0, 0.05) is 28.5 Å². The third kappa shape index (κ3) is 2.78. The molecule has 0 fully saturated rings. The fraction of sp³-hybridized carbons (Fsp3) is 0. The first-order valence-electron chi connectivity index (χ1n) is 5.44. The largest absolute Gasteiger partial charge is 0.420 e. The Morgan fingerprint density at radius 1 is 1.25 bits per heavy atom. The van der Waals surface area contributed by atoms with Gasteiger partial charge in [-0.25, -0.2) is 9.97 Å². The van der Waals surface area contributed by atoms with Gasteiger partial charge in [-0.05, 0) is 17.7 Å². The highest BCUT2D eigenvalue weighted by atomic mass is 79.9. The summed E-state index contributed by atoms with van der Waals surface area (Å²) in [4.78, 5) is 12.1. The molecule has 0 saturated heterocycles. The number of rotatable bonds is 3. The summed E-state index contributed by atoms with van der Waals surface area (Å²) in [6, 6.07) is 3.51. The molecule has 20 heavy (non-hydrogen) atoms. The lowest BCUT2D eigenvalue weighted by Gasteiger charge is -2.07. The van der Waals surface area contributed by atoms with Crippen molar-refractivity contribution in [1.82, 2.24) is 20.1 Å². The van der Waals surface area contributed by atoms with E-state index in [1.807, 2.05) is 0 Å². The first-order chi connectivity index (χ1) is 9.72. The van der Waals surface area contributed by atoms with Gasteiger partial charge in [-0.2, -0.15) is 4.98 Å². The van der Waals surface area contributed by atoms with Gasteiger partial charge >= 0.3 is 0 Å². The lowest BCUT2D eigenvalue weighted by Crippen LogP contribution is -1.95. The predicted octanol–water partition coefficient (Wildman–Crippen LogP) is 3.73. The van der Waals surface area contributed by atoms with Gasteiger partial charge in [0.1, 0.15) is 6.26 Å². The number of ether oxygens (including phenoxy) is 1. The molecule has 0 saturated carbocycles. The number of aromatic nitrogens is 4. The summed E-state index contributed by atoms with van der Waals surface area (Å²) in [7, 11) is 0. The molecule has 0 N–H and O–H groups in total. The molecule has 0 aliphatic rings. The standard InChI is InChI=1S/C12H6BrClN4O2/c13-8-1-2-15-10(3-8)20-11-9(5-16-12(14)18-11)7-4-17-19-6-7/h1-6H. The minimum Gasteiger partial charge on any atom is -0.420 e. The van der Waals surface area contributed by atoms with Crippen LogP contribution in [0.3, 0.4) is 0 Å². The Labute approximate surface area is 126 Å². The van der Waals surface area contributed by atoms with Gasteiger partial charge in [-0.3, -0.25) is 0 Å². The second-order valence-electron chi connectivity index (χ2n) is 3.69. The van der Waals surface area contributed by atoms with Crippen LogP contribution in [-0.2, 0) is 0 Å². The maximum Gasteiger partial charge on any atom is 0.233 e. The maximum absolute atomic E-state index is 5.80. The van der Waals surface area contributed by atoms with E-state index < -0.39 is 0 Å². The van der Waals surface area contributed by atoms with Crippen LogP contribution in [0.4, 0.5) is 0 Å². The molecule has 0 aliphatic carbocycles.